The molecule has 4 aliphatic carbocycles. The highest BCUT2D eigenvalue weighted by molar-refractivity contribution is 6.32. The number of carbonyl (C=O) groups excluding carboxylic acids is 6. The number of likely N-dealkylation sites (N-methyl/N-ethyl adjacent to an activating group) is 1. The van der Waals surface area contributed by atoms with E-state index in [1.165, 1.54) is 31.1 Å². The van der Waals surface area contributed by atoms with Crippen LogP contribution in [0.5, 0.6) is 5.75 Å². The van der Waals surface area contributed by atoms with Crippen molar-refractivity contribution in [3.63, 3.8) is 0 Å². The zero-order valence-corrected chi connectivity index (χ0v) is 23.0. The average molecular weight is 553 g/mol. The van der Waals surface area contributed by atoms with Crippen molar-refractivity contribution in [3.8, 4) is 5.75 Å². The first-order valence-electron chi connectivity index (χ1n) is 14.0. The first-order valence-corrected chi connectivity index (χ1v) is 14.0. The van der Waals surface area contributed by atoms with Gasteiger partial charge in [0.25, 0.3) is 0 Å². The van der Waals surface area contributed by atoms with Crippen molar-refractivity contribution in [1.82, 2.24) is 4.90 Å². The summed E-state index contributed by atoms with van der Waals surface area (Å²) >= 11 is 0. The fourth-order valence-corrected chi connectivity index (χ4v) is 7.77. The van der Waals surface area contributed by atoms with Crippen LogP contribution in [0.2, 0.25) is 0 Å². The number of phenols is 1. The lowest BCUT2D eigenvalue weighted by atomic mass is 9.52. The molecule has 1 aromatic rings. The van der Waals surface area contributed by atoms with E-state index in [9.17, 15) is 39.0 Å². The van der Waals surface area contributed by atoms with Gasteiger partial charge in [0.1, 0.15) is 5.75 Å². The van der Waals surface area contributed by atoms with Crippen molar-refractivity contribution in [2.45, 2.75) is 63.5 Å². The molecule has 4 aliphatic rings. The number of Topliss-reactive ketones (excluding diaryl/α,β-unsaturated/α-hetero) is 5. The Bertz CT molecular complexity index is 1330. The summed E-state index contributed by atoms with van der Waals surface area (Å²) < 4.78 is 0. The van der Waals surface area contributed by atoms with E-state index in [-0.39, 0.29) is 35.9 Å². The SMILES string of the molecule is CC1CCC(CC(=O)c2ccc(O)c3c2C[C@@H]2C[C@@H]4[C@@H](N(C)C)C(=O)C(C(N)=O)C(=O)[C@]4(O)C(=O)C2C3=O)CC1. The third-order valence-corrected chi connectivity index (χ3v) is 9.85. The third-order valence-electron chi connectivity index (χ3n) is 9.85. The van der Waals surface area contributed by atoms with Crippen LogP contribution >= 0.6 is 0 Å². The molecule has 3 saturated carbocycles. The van der Waals surface area contributed by atoms with Crippen molar-refractivity contribution < 1.29 is 39.0 Å². The fraction of sp³-hybridized carbons (Fsp3) is 0.600. The van der Waals surface area contributed by atoms with Crippen molar-refractivity contribution in [1.29, 1.82) is 0 Å². The molecule has 0 heterocycles. The van der Waals surface area contributed by atoms with Gasteiger partial charge in [0.05, 0.1) is 17.5 Å². The lowest BCUT2D eigenvalue weighted by molar-refractivity contribution is -0.181. The molecule has 6 atom stereocenters. The maximum Gasteiger partial charge on any atom is 0.235 e. The molecule has 1 aromatic carbocycles. The van der Waals surface area contributed by atoms with Crippen LogP contribution in [-0.4, -0.2) is 75.7 Å². The minimum absolute atomic E-state index is 0.0479. The van der Waals surface area contributed by atoms with Gasteiger partial charge in [-0.15, -0.1) is 0 Å². The molecule has 0 spiro atoms. The van der Waals surface area contributed by atoms with E-state index in [4.69, 9.17) is 5.73 Å². The first-order chi connectivity index (χ1) is 18.8. The standard InChI is InChI=1S/C30H36N2O8/c1-13-4-6-14(7-5-13)10-20(34)16-8-9-19(33)22-17(16)11-15-12-18-24(32(2)3)26(36)23(29(31)39)28(38)30(18,40)27(37)21(15)25(22)35/h8-9,13-15,18,21,23-24,33,40H,4-7,10-12H2,1-3H3,(H2,31,39)/t13?,14?,15-,18-,21?,23?,24-,30-/m1/s1. The Morgan fingerprint density at radius 3 is 2.30 bits per heavy atom. The van der Waals surface area contributed by atoms with Gasteiger partial charge in [0, 0.05) is 17.9 Å². The Morgan fingerprint density at radius 2 is 1.70 bits per heavy atom. The van der Waals surface area contributed by atoms with Crippen LogP contribution in [0.3, 0.4) is 0 Å². The lowest BCUT2D eigenvalue weighted by Crippen LogP contribution is -2.74. The summed E-state index contributed by atoms with van der Waals surface area (Å²) in [6.07, 6.45) is 4.38. The van der Waals surface area contributed by atoms with Crippen LogP contribution in [0.15, 0.2) is 12.1 Å². The molecule has 0 radical (unpaired) electrons. The second-order valence-electron chi connectivity index (χ2n) is 12.5. The number of nitrogens with zero attached hydrogens (tertiary/aromatic N) is 1. The number of rotatable bonds is 5. The largest absolute Gasteiger partial charge is 0.507 e. The van der Waals surface area contributed by atoms with E-state index in [0.717, 1.165) is 25.7 Å². The molecule has 0 bridgehead atoms. The van der Waals surface area contributed by atoms with Crippen molar-refractivity contribution in [2.75, 3.05) is 14.1 Å². The van der Waals surface area contributed by atoms with E-state index in [1.54, 1.807) is 0 Å². The number of hydrogen-bond donors (Lipinski definition) is 3. The van der Waals surface area contributed by atoms with E-state index in [2.05, 4.69) is 6.92 Å². The first kappa shape index (κ1) is 28.3. The fourth-order valence-electron chi connectivity index (χ4n) is 7.77. The number of aliphatic hydroxyl groups is 1. The van der Waals surface area contributed by atoms with Crippen molar-refractivity contribution >= 4 is 34.8 Å². The molecule has 5 rings (SSSR count). The quantitative estimate of drug-likeness (QED) is 0.359. The molecule has 10 heteroatoms. The third kappa shape index (κ3) is 4.15. The number of carbonyl (C=O) groups is 6. The molecule has 0 aliphatic heterocycles. The van der Waals surface area contributed by atoms with Gasteiger partial charge in [0.2, 0.25) is 5.91 Å². The van der Waals surface area contributed by atoms with Gasteiger partial charge < -0.3 is 15.9 Å². The van der Waals surface area contributed by atoms with E-state index >= 15 is 0 Å². The Kier molecular flexibility index (Phi) is 7.07. The Hall–Kier alpha value is -3.24. The van der Waals surface area contributed by atoms with Gasteiger partial charge in [-0.1, -0.05) is 19.8 Å². The maximum atomic E-state index is 13.9. The molecule has 10 nitrogen and oxygen atoms in total. The second-order valence-corrected chi connectivity index (χ2v) is 12.5. The summed E-state index contributed by atoms with van der Waals surface area (Å²) in [6, 6.07) is 1.62. The molecule has 214 valence electrons. The Balaban J connectivity index is 1.54. The van der Waals surface area contributed by atoms with Crippen molar-refractivity contribution in [3.05, 3.63) is 28.8 Å². The highest BCUT2D eigenvalue weighted by Gasteiger charge is 2.69. The highest BCUT2D eigenvalue weighted by Crippen LogP contribution is 2.51. The normalized spacial score (nSPS) is 35.7. The summed E-state index contributed by atoms with van der Waals surface area (Å²) in [5.74, 6) is -10.3. The smallest absolute Gasteiger partial charge is 0.235 e. The molecule has 4 N–H and O–H groups in total. The number of phenolic OH excluding ortho intramolecular Hbond substituents is 1. The van der Waals surface area contributed by atoms with Crippen LogP contribution in [0.25, 0.3) is 0 Å². The summed E-state index contributed by atoms with van der Waals surface area (Å²) in [7, 11) is 3.07. The van der Waals surface area contributed by atoms with Crippen LogP contribution in [0.4, 0.5) is 0 Å². The lowest BCUT2D eigenvalue weighted by Gasteiger charge is -2.52. The van der Waals surface area contributed by atoms with Crippen LogP contribution < -0.4 is 5.73 Å². The number of amides is 1. The van der Waals surface area contributed by atoms with Crippen molar-refractivity contribution in [2.24, 2.45) is 41.2 Å². The number of ketones is 5. The Morgan fingerprint density at radius 1 is 1.05 bits per heavy atom. The van der Waals surface area contributed by atoms with E-state index < -0.39 is 64.4 Å². The summed E-state index contributed by atoms with van der Waals surface area (Å²) in [4.78, 5) is 81.3. The van der Waals surface area contributed by atoms with Crippen LogP contribution in [0, 0.1) is 35.5 Å². The van der Waals surface area contributed by atoms with Crippen LogP contribution in [0.1, 0.15) is 71.7 Å². The molecular weight excluding hydrogens is 516 g/mol. The number of primary amides is 1. The predicted molar refractivity (Wildman–Crippen MR) is 141 cm³/mol. The minimum atomic E-state index is -2.77. The van der Waals surface area contributed by atoms with E-state index in [0.29, 0.717) is 23.5 Å². The number of fused-ring (bicyclic) bond motifs is 3. The van der Waals surface area contributed by atoms with Gasteiger partial charge >= 0.3 is 0 Å². The average Bonchev–Trinajstić information content (AvgIpc) is 2.87. The zero-order chi connectivity index (χ0) is 29.3. The molecule has 2 unspecified atom stereocenters. The van der Waals surface area contributed by atoms with Gasteiger partial charge in [-0.25, -0.2) is 0 Å². The van der Waals surface area contributed by atoms with E-state index in [1.807, 2.05) is 0 Å². The van der Waals surface area contributed by atoms with Gasteiger partial charge in [-0.3, -0.25) is 33.7 Å². The second kappa shape index (κ2) is 9.99. The van der Waals surface area contributed by atoms with Gasteiger partial charge in [0.15, 0.2) is 40.4 Å². The summed E-state index contributed by atoms with van der Waals surface area (Å²) in [6.45, 7) is 2.20. The van der Waals surface area contributed by atoms with Gasteiger partial charge in [-0.2, -0.15) is 0 Å². The summed E-state index contributed by atoms with van der Waals surface area (Å²) in [5.41, 5.74) is 3.13. The number of aromatic hydroxyl groups is 1. The van der Waals surface area contributed by atoms with Gasteiger partial charge in [-0.05, 0) is 75.2 Å². The topological polar surface area (TPSA) is 172 Å². The molecule has 0 aromatic heterocycles. The molecule has 3 fully saturated rings. The summed E-state index contributed by atoms with van der Waals surface area (Å²) in [5, 5.41) is 22.3. The number of benzene rings is 1. The zero-order valence-electron chi connectivity index (χ0n) is 23.0. The Labute approximate surface area is 232 Å². The number of hydrogen-bond acceptors (Lipinski definition) is 9. The maximum absolute atomic E-state index is 13.9. The van der Waals surface area contributed by atoms with Crippen LogP contribution in [-0.2, 0) is 25.6 Å². The monoisotopic (exact) mass is 552 g/mol. The minimum Gasteiger partial charge on any atom is -0.507 e. The molecule has 40 heavy (non-hydrogen) atoms. The number of nitrogens with two attached hydrogens (primary N) is 1. The molecule has 1 amide bonds. The molecule has 0 saturated heterocycles. The highest BCUT2D eigenvalue weighted by atomic mass is 16.3. The predicted octanol–water partition coefficient (Wildman–Crippen LogP) is 1.27. The molecular formula is C30H36N2O8.